The van der Waals surface area contributed by atoms with E-state index in [9.17, 15) is 9.59 Å². The molecule has 1 unspecified atom stereocenters. The quantitative estimate of drug-likeness (QED) is 0.755. The Morgan fingerprint density at radius 3 is 2.52 bits per heavy atom. The number of carbonyl (C=O) groups is 2. The Balaban J connectivity index is 2.71. The predicted octanol–water partition coefficient (Wildman–Crippen LogP) is 2.11. The maximum Gasteiger partial charge on any atom is 0.303 e. The van der Waals surface area contributed by atoms with Crippen LogP contribution in [-0.4, -0.2) is 47.6 Å². The first-order chi connectivity index (χ1) is 9.76. The molecule has 1 saturated heterocycles. The third-order valence-corrected chi connectivity index (χ3v) is 4.54. The minimum Gasteiger partial charge on any atom is -0.481 e. The molecule has 1 amide bonds. The standard InChI is InChI=1S/C16H30N2O3/c1-12(2)18(10-6-8-14(19)20)15(21)16(3,4)13-7-5-9-17-11-13/h12-13,17H,5-11H2,1-4H3,(H,19,20). The summed E-state index contributed by atoms with van der Waals surface area (Å²) in [4.78, 5) is 25.4. The van der Waals surface area contributed by atoms with Crippen LogP contribution < -0.4 is 5.32 Å². The normalized spacial score (nSPS) is 19.6. The Bertz CT molecular complexity index is 361. The van der Waals surface area contributed by atoms with Crippen LogP contribution in [0.3, 0.4) is 0 Å². The summed E-state index contributed by atoms with van der Waals surface area (Å²) in [6.45, 7) is 10.5. The highest BCUT2D eigenvalue weighted by Crippen LogP contribution is 2.34. The number of hydrogen-bond acceptors (Lipinski definition) is 3. The second-order valence-corrected chi connectivity index (χ2v) is 6.85. The monoisotopic (exact) mass is 298 g/mol. The van der Waals surface area contributed by atoms with E-state index >= 15 is 0 Å². The van der Waals surface area contributed by atoms with Gasteiger partial charge in [0.05, 0.1) is 0 Å². The van der Waals surface area contributed by atoms with E-state index < -0.39 is 11.4 Å². The average molecular weight is 298 g/mol. The number of carboxylic acids is 1. The summed E-state index contributed by atoms with van der Waals surface area (Å²) in [7, 11) is 0. The van der Waals surface area contributed by atoms with Gasteiger partial charge in [-0.15, -0.1) is 0 Å². The Labute approximate surface area is 128 Å². The fourth-order valence-electron chi connectivity index (χ4n) is 3.01. The molecule has 1 heterocycles. The van der Waals surface area contributed by atoms with E-state index in [4.69, 9.17) is 5.11 Å². The Morgan fingerprint density at radius 2 is 2.05 bits per heavy atom. The molecule has 1 rings (SSSR count). The van der Waals surface area contributed by atoms with Crippen LogP contribution in [0.15, 0.2) is 0 Å². The first-order valence-electron chi connectivity index (χ1n) is 8.00. The van der Waals surface area contributed by atoms with Crippen molar-refractivity contribution in [1.29, 1.82) is 0 Å². The number of rotatable bonds is 7. The largest absolute Gasteiger partial charge is 0.481 e. The van der Waals surface area contributed by atoms with Gasteiger partial charge in [-0.3, -0.25) is 9.59 Å². The summed E-state index contributed by atoms with van der Waals surface area (Å²) in [5.74, 6) is -0.307. The minimum atomic E-state index is -0.804. The van der Waals surface area contributed by atoms with Gasteiger partial charge in [0.25, 0.3) is 0 Å². The van der Waals surface area contributed by atoms with E-state index in [0.29, 0.717) is 18.9 Å². The Kier molecular flexibility index (Phi) is 6.65. The number of carbonyl (C=O) groups excluding carboxylic acids is 1. The van der Waals surface area contributed by atoms with E-state index in [2.05, 4.69) is 5.32 Å². The summed E-state index contributed by atoms with van der Waals surface area (Å²) in [6, 6.07) is 0.0992. The number of hydrogen-bond donors (Lipinski definition) is 2. The molecule has 1 aliphatic heterocycles. The number of amides is 1. The van der Waals surface area contributed by atoms with Crippen molar-refractivity contribution in [1.82, 2.24) is 10.2 Å². The van der Waals surface area contributed by atoms with Gasteiger partial charge in [-0.1, -0.05) is 13.8 Å². The van der Waals surface area contributed by atoms with Crippen molar-refractivity contribution < 1.29 is 14.7 Å². The van der Waals surface area contributed by atoms with Crippen molar-refractivity contribution in [3.63, 3.8) is 0 Å². The predicted molar refractivity (Wildman–Crippen MR) is 83.1 cm³/mol. The van der Waals surface area contributed by atoms with E-state index in [1.807, 2.05) is 32.6 Å². The molecule has 1 fully saturated rings. The zero-order chi connectivity index (χ0) is 16.0. The number of carboxylic acid groups (broad SMARTS) is 1. The fraction of sp³-hybridized carbons (Fsp3) is 0.875. The van der Waals surface area contributed by atoms with Gasteiger partial charge in [-0.2, -0.15) is 0 Å². The van der Waals surface area contributed by atoms with Crippen molar-refractivity contribution in [2.24, 2.45) is 11.3 Å². The van der Waals surface area contributed by atoms with Gasteiger partial charge in [0.1, 0.15) is 0 Å². The van der Waals surface area contributed by atoms with E-state index in [-0.39, 0.29) is 18.4 Å². The molecule has 0 saturated carbocycles. The number of nitrogens with one attached hydrogen (secondary N) is 1. The van der Waals surface area contributed by atoms with Gasteiger partial charge in [0.15, 0.2) is 0 Å². The van der Waals surface area contributed by atoms with Crippen LogP contribution in [0.25, 0.3) is 0 Å². The van der Waals surface area contributed by atoms with Gasteiger partial charge >= 0.3 is 5.97 Å². The van der Waals surface area contributed by atoms with E-state index in [1.54, 1.807) is 0 Å². The van der Waals surface area contributed by atoms with Crippen LogP contribution >= 0.6 is 0 Å². The number of aliphatic carboxylic acids is 1. The number of piperidine rings is 1. The molecular weight excluding hydrogens is 268 g/mol. The second kappa shape index (κ2) is 7.78. The van der Waals surface area contributed by atoms with Crippen LogP contribution in [0.1, 0.15) is 53.4 Å². The molecule has 0 aromatic carbocycles. The molecule has 1 aliphatic rings. The summed E-state index contributed by atoms with van der Waals surface area (Å²) < 4.78 is 0. The fourth-order valence-corrected chi connectivity index (χ4v) is 3.01. The zero-order valence-corrected chi connectivity index (χ0v) is 13.8. The summed E-state index contributed by atoms with van der Waals surface area (Å²) in [5.41, 5.74) is -0.402. The highest BCUT2D eigenvalue weighted by atomic mass is 16.4. The van der Waals surface area contributed by atoms with Crippen molar-refractivity contribution in [3.8, 4) is 0 Å². The molecule has 1 atom stereocenters. The second-order valence-electron chi connectivity index (χ2n) is 6.85. The lowest BCUT2D eigenvalue weighted by Crippen LogP contribution is -2.51. The topological polar surface area (TPSA) is 69.6 Å². The van der Waals surface area contributed by atoms with Crippen molar-refractivity contribution in [2.75, 3.05) is 19.6 Å². The van der Waals surface area contributed by atoms with Crippen LogP contribution in [0.4, 0.5) is 0 Å². The van der Waals surface area contributed by atoms with Crippen molar-refractivity contribution in [2.45, 2.75) is 59.4 Å². The van der Waals surface area contributed by atoms with Gasteiger partial charge in [-0.25, -0.2) is 0 Å². The van der Waals surface area contributed by atoms with Crippen LogP contribution in [0.2, 0.25) is 0 Å². The molecule has 0 bridgehead atoms. The molecule has 0 aliphatic carbocycles. The molecule has 0 radical (unpaired) electrons. The molecule has 0 spiro atoms. The Hall–Kier alpha value is -1.10. The van der Waals surface area contributed by atoms with Gasteiger partial charge < -0.3 is 15.3 Å². The maximum absolute atomic E-state index is 12.9. The van der Waals surface area contributed by atoms with Gasteiger partial charge in [0, 0.05) is 24.4 Å². The van der Waals surface area contributed by atoms with Gasteiger partial charge in [-0.05, 0) is 52.1 Å². The molecule has 0 aromatic heterocycles. The smallest absolute Gasteiger partial charge is 0.303 e. The van der Waals surface area contributed by atoms with E-state index in [0.717, 1.165) is 25.9 Å². The molecule has 21 heavy (non-hydrogen) atoms. The van der Waals surface area contributed by atoms with Crippen LogP contribution in [-0.2, 0) is 9.59 Å². The minimum absolute atomic E-state index is 0.0992. The molecular formula is C16H30N2O3. The first kappa shape index (κ1) is 18.0. The maximum atomic E-state index is 12.9. The highest BCUT2D eigenvalue weighted by molar-refractivity contribution is 5.82. The van der Waals surface area contributed by atoms with Crippen molar-refractivity contribution >= 4 is 11.9 Å². The number of nitrogens with zero attached hydrogens (tertiary/aromatic N) is 1. The van der Waals surface area contributed by atoms with E-state index in [1.165, 1.54) is 0 Å². The third kappa shape index (κ3) is 4.99. The summed E-state index contributed by atoms with van der Waals surface area (Å²) in [6.07, 6.45) is 2.81. The molecule has 2 N–H and O–H groups in total. The molecule has 0 aromatic rings. The van der Waals surface area contributed by atoms with Crippen LogP contribution in [0, 0.1) is 11.3 Å². The first-order valence-corrected chi connectivity index (χ1v) is 8.00. The van der Waals surface area contributed by atoms with Crippen LogP contribution in [0.5, 0.6) is 0 Å². The zero-order valence-electron chi connectivity index (χ0n) is 13.8. The highest BCUT2D eigenvalue weighted by Gasteiger charge is 2.40. The summed E-state index contributed by atoms with van der Waals surface area (Å²) in [5, 5.41) is 12.1. The molecule has 5 heteroatoms. The summed E-state index contributed by atoms with van der Waals surface area (Å²) >= 11 is 0. The lowest BCUT2D eigenvalue weighted by molar-refractivity contribution is -0.146. The SMILES string of the molecule is CC(C)N(CCCC(=O)O)C(=O)C(C)(C)C1CCCNC1. The molecule has 5 nitrogen and oxygen atoms in total. The van der Waals surface area contributed by atoms with Gasteiger partial charge in [0.2, 0.25) is 5.91 Å². The van der Waals surface area contributed by atoms with Crippen molar-refractivity contribution in [3.05, 3.63) is 0 Å². The average Bonchev–Trinajstić information content (AvgIpc) is 2.43. The Morgan fingerprint density at radius 1 is 1.38 bits per heavy atom. The third-order valence-electron chi connectivity index (χ3n) is 4.54. The lowest BCUT2D eigenvalue weighted by Gasteiger charge is -2.41. The lowest BCUT2D eigenvalue weighted by atomic mass is 9.73. The molecule has 122 valence electrons.